The lowest BCUT2D eigenvalue weighted by molar-refractivity contribution is 0.0923. The smallest absolute Gasteiger partial charge is 0.266 e. The zero-order valence-corrected chi connectivity index (χ0v) is 17.3. The van der Waals surface area contributed by atoms with Crippen molar-refractivity contribution in [2.45, 2.75) is 13.8 Å². The fourth-order valence-electron chi connectivity index (χ4n) is 3.51. The highest BCUT2D eigenvalue weighted by Crippen LogP contribution is 2.31. The Morgan fingerprint density at radius 3 is 2.42 bits per heavy atom. The first-order valence-corrected chi connectivity index (χ1v) is 10.0. The van der Waals surface area contributed by atoms with E-state index in [0.29, 0.717) is 30.0 Å². The van der Waals surface area contributed by atoms with Crippen LogP contribution in [0.2, 0.25) is 0 Å². The van der Waals surface area contributed by atoms with E-state index in [9.17, 15) is 14.4 Å². The molecule has 4 rings (SSSR count). The number of aryl methyl sites for hydroxylation is 2. The molecule has 0 aliphatic carbocycles. The Kier molecular flexibility index (Phi) is 5.54. The first kappa shape index (κ1) is 20.3. The number of hydrogen-bond acceptors (Lipinski definition) is 4. The van der Waals surface area contributed by atoms with Crippen LogP contribution < -0.4 is 15.0 Å². The van der Waals surface area contributed by atoms with Gasteiger partial charge in [0.1, 0.15) is 12.4 Å². The maximum Gasteiger partial charge on any atom is 0.266 e. The Bertz CT molecular complexity index is 1170. The minimum atomic E-state index is -0.421. The molecule has 1 heterocycles. The highest BCUT2D eigenvalue weighted by atomic mass is 16.5. The number of nitrogens with one attached hydrogen (secondary N) is 1. The molecule has 0 saturated heterocycles. The molecule has 1 aliphatic rings. The third-order valence-electron chi connectivity index (χ3n) is 5.15. The number of para-hydroxylation sites is 1. The van der Waals surface area contributed by atoms with Gasteiger partial charge in [-0.3, -0.25) is 14.4 Å². The summed E-state index contributed by atoms with van der Waals surface area (Å²) in [6.45, 7) is 4.39. The Hall–Kier alpha value is -3.93. The standard InChI is InChI=1S/C25H22N2O4/c1-16-8-9-17(2)22(14-16)27-24(29)20-11-10-18(15-21(20)25(27)30)23(28)26-12-13-31-19-6-4-3-5-7-19/h3-11,14-15H,12-13H2,1-2H3,(H,26,28). The summed E-state index contributed by atoms with van der Waals surface area (Å²) in [5.41, 5.74) is 3.21. The number of ether oxygens (including phenoxy) is 1. The normalized spacial score (nSPS) is 12.6. The van der Waals surface area contributed by atoms with Crippen LogP contribution in [0.1, 0.15) is 42.2 Å². The SMILES string of the molecule is Cc1ccc(C)c(N2C(=O)c3ccc(C(=O)NCCOc4ccccc4)cc3C2=O)c1. The number of benzene rings is 3. The number of amides is 3. The monoisotopic (exact) mass is 414 g/mol. The van der Waals surface area contributed by atoms with E-state index in [-0.39, 0.29) is 17.4 Å². The van der Waals surface area contributed by atoms with Crippen LogP contribution in [-0.4, -0.2) is 30.9 Å². The quantitative estimate of drug-likeness (QED) is 0.490. The predicted octanol–water partition coefficient (Wildman–Crippen LogP) is 3.91. The molecule has 0 fully saturated rings. The molecular weight excluding hydrogens is 392 g/mol. The molecule has 1 N–H and O–H groups in total. The number of hydrogen-bond donors (Lipinski definition) is 1. The molecule has 0 unspecified atom stereocenters. The number of nitrogens with zero attached hydrogens (tertiary/aromatic N) is 1. The molecule has 0 radical (unpaired) electrons. The molecule has 0 spiro atoms. The maximum absolute atomic E-state index is 13.0. The molecule has 6 nitrogen and oxygen atoms in total. The van der Waals surface area contributed by atoms with Crippen molar-refractivity contribution in [2.75, 3.05) is 18.1 Å². The Morgan fingerprint density at radius 1 is 0.903 bits per heavy atom. The van der Waals surface area contributed by atoms with E-state index in [0.717, 1.165) is 16.9 Å². The second-order valence-corrected chi connectivity index (χ2v) is 7.41. The van der Waals surface area contributed by atoms with Crippen LogP contribution in [0.5, 0.6) is 5.75 Å². The van der Waals surface area contributed by atoms with Crippen LogP contribution in [0.25, 0.3) is 0 Å². The van der Waals surface area contributed by atoms with Crippen LogP contribution in [0, 0.1) is 13.8 Å². The number of imide groups is 1. The van der Waals surface area contributed by atoms with Crippen molar-refractivity contribution in [3.63, 3.8) is 0 Å². The summed E-state index contributed by atoms with van der Waals surface area (Å²) >= 11 is 0. The van der Waals surface area contributed by atoms with E-state index in [2.05, 4.69) is 5.32 Å². The van der Waals surface area contributed by atoms with Gasteiger partial charge in [0.2, 0.25) is 0 Å². The number of rotatable bonds is 6. The van der Waals surface area contributed by atoms with Crippen LogP contribution in [0.15, 0.2) is 66.7 Å². The minimum Gasteiger partial charge on any atom is -0.492 e. The van der Waals surface area contributed by atoms with Crippen LogP contribution in [0.3, 0.4) is 0 Å². The first-order chi connectivity index (χ1) is 15.0. The zero-order valence-electron chi connectivity index (χ0n) is 17.3. The van der Waals surface area contributed by atoms with E-state index < -0.39 is 5.91 Å². The molecule has 0 aromatic heterocycles. The van der Waals surface area contributed by atoms with Crippen molar-refractivity contribution >= 4 is 23.4 Å². The van der Waals surface area contributed by atoms with Gasteiger partial charge in [0.05, 0.1) is 23.4 Å². The van der Waals surface area contributed by atoms with Crippen molar-refractivity contribution in [2.24, 2.45) is 0 Å². The third kappa shape index (κ3) is 4.05. The summed E-state index contributed by atoms with van der Waals surface area (Å²) in [5.74, 6) is -0.400. The second-order valence-electron chi connectivity index (χ2n) is 7.41. The predicted molar refractivity (Wildman–Crippen MR) is 118 cm³/mol. The number of anilines is 1. The van der Waals surface area contributed by atoms with Gasteiger partial charge in [-0.05, 0) is 61.4 Å². The van der Waals surface area contributed by atoms with Crippen molar-refractivity contribution in [3.05, 3.63) is 94.5 Å². The molecule has 3 amide bonds. The second kappa shape index (κ2) is 8.44. The van der Waals surface area contributed by atoms with Gasteiger partial charge in [-0.15, -0.1) is 0 Å². The van der Waals surface area contributed by atoms with E-state index in [1.807, 2.05) is 62.4 Å². The average Bonchev–Trinajstić information content (AvgIpc) is 3.03. The van der Waals surface area contributed by atoms with Crippen LogP contribution >= 0.6 is 0 Å². The van der Waals surface area contributed by atoms with Gasteiger partial charge in [0, 0.05) is 5.56 Å². The van der Waals surface area contributed by atoms with Crippen molar-refractivity contribution < 1.29 is 19.1 Å². The fraction of sp³-hybridized carbons (Fsp3) is 0.160. The lowest BCUT2D eigenvalue weighted by Gasteiger charge is -2.17. The van der Waals surface area contributed by atoms with Gasteiger partial charge < -0.3 is 10.1 Å². The van der Waals surface area contributed by atoms with Crippen molar-refractivity contribution in [1.82, 2.24) is 5.32 Å². The molecule has 3 aromatic rings. The summed E-state index contributed by atoms with van der Waals surface area (Å²) in [4.78, 5) is 39.6. The minimum absolute atomic E-state index is 0.235. The maximum atomic E-state index is 13.0. The summed E-state index contributed by atoms with van der Waals surface area (Å²) in [7, 11) is 0. The fourth-order valence-corrected chi connectivity index (χ4v) is 3.51. The largest absolute Gasteiger partial charge is 0.492 e. The number of fused-ring (bicyclic) bond motifs is 1. The van der Waals surface area contributed by atoms with Gasteiger partial charge in [0.15, 0.2) is 0 Å². The molecule has 156 valence electrons. The third-order valence-corrected chi connectivity index (χ3v) is 5.15. The molecular formula is C25H22N2O4. The van der Waals surface area contributed by atoms with E-state index >= 15 is 0 Å². The Balaban J connectivity index is 1.46. The van der Waals surface area contributed by atoms with E-state index in [1.54, 1.807) is 6.07 Å². The van der Waals surface area contributed by atoms with E-state index in [4.69, 9.17) is 4.74 Å². The molecule has 3 aromatic carbocycles. The Morgan fingerprint density at radius 2 is 1.65 bits per heavy atom. The molecule has 6 heteroatoms. The van der Waals surface area contributed by atoms with Gasteiger partial charge in [0.25, 0.3) is 17.7 Å². The summed E-state index contributed by atoms with van der Waals surface area (Å²) in [6.07, 6.45) is 0. The summed E-state index contributed by atoms with van der Waals surface area (Å²) < 4.78 is 5.56. The van der Waals surface area contributed by atoms with Gasteiger partial charge in [-0.1, -0.05) is 30.3 Å². The van der Waals surface area contributed by atoms with Crippen LogP contribution in [0.4, 0.5) is 5.69 Å². The van der Waals surface area contributed by atoms with Gasteiger partial charge >= 0.3 is 0 Å². The Labute approximate surface area is 180 Å². The number of carbonyl (C=O) groups is 3. The highest BCUT2D eigenvalue weighted by molar-refractivity contribution is 6.35. The first-order valence-electron chi connectivity index (χ1n) is 10.0. The lowest BCUT2D eigenvalue weighted by atomic mass is 10.1. The van der Waals surface area contributed by atoms with E-state index in [1.165, 1.54) is 17.0 Å². The topological polar surface area (TPSA) is 75.7 Å². The van der Waals surface area contributed by atoms with Crippen molar-refractivity contribution in [1.29, 1.82) is 0 Å². The molecule has 1 aliphatic heterocycles. The van der Waals surface area contributed by atoms with Crippen molar-refractivity contribution in [3.8, 4) is 5.75 Å². The number of carbonyl (C=O) groups excluding carboxylic acids is 3. The van der Waals surface area contributed by atoms with Crippen LogP contribution in [-0.2, 0) is 0 Å². The highest BCUT2D eigenvalue weighted by Gasteiger charge is 2.37. The lowest BCUT2D eigenvalue weighted by Crippen LogP contribution is -2.30. The molecule has 0 bridgehead atoms. The molecule has 0 saturated carbocycles. The van der Waals surface area contributed by atoms with Gasteiger partial charge in [-0.2, -0.15) is 0 Å². The molecule has 31 heavy (non-hydrogen) atoms. The molecule has 0 atom stereocenters. The van der Waals surface area contributed by atoms with Gasteiger partial charge in [-0.25, -0.2) is 4.90 Å². The summed E-state index contributed by atoms with van der Waals surface area (Å²) in [6, 6.07) is 19.5. The summed E-state index contributed by atoms with van der Waals surface area (Å²) in [5, 5.41) is 2.77. The average molecular weight is 414 g/mol. The zero-order chi connectivity index (χ0) is 22.0.